The Hall–Kier alpha value is -1.11. The number of carbonyl (C=O) groups is 1. The predicted molar refractivity (Wildman–Crippen MR) is 63.8 cm³/mol. The van der Waals surface area contributed by atoms with E-state index in [1.165, 1.54) is 5.56 Å². The fraction of sp³-hybridized carbons (Fsp3) is 0.500. The summed E-state index contributed by atoms with van der Waals surface area (Å²) in [6, 6.07) is 10.3. The van der Waals surface area contributed by atoms with Crippen LogP contribution in [-0.2, 0) is 11.2 Å². The Bertz CT molecular complexity index is 289. The lowest BCUT2D eigenvalue weighted by molar-refractivity contribution is -0.122. The zero-order valence-electron chi connectivity index (χ0n) is 9.70. The first-order chi connectivity index (χ1) is 7.27. The molecule has 1 aromatic rings. The van der Waals surface area contributed by atoms with E-state index in [4.69, 9.17) is 0 Å². The minimum absolute atomic E-state index is 0.224. The number of carbonyl (C=O) groups excluding carboxylic acids is 1. The van der Waals surface area contributed by atoms with E-state index in [1.54, 1.807) is 0 Å². The van der Waals surface area contributed by atoms with Gasteiger partial charge in [0.05, 0.1) is 0 Å². The van der Waals surface area contributed by atoms with Crippen molar-refractivity contribution in [2.24, 2.45) is 5.92 Å². The van der Waals surface area contributed by atoms with Crippen LogP contribution < -0.4 is 0 Å². The highest BCUT2D eigenvalue weighted by Gasteiger charge is 2.15. The van der Waals surface area contributed by atoms with Crippen molar-refractivity contribution < 1.29 is 4.79 Å². The second-order valence-electron chi connectivity index (χ2n) is 4.00. The summed E-state index contributed by atoms with van der Waals surface area (Å²) >= 11 is 0. The average molecular weight is 204 g/mol. The van der Waals surface area contributed by atoms with Crippen LogP contribution in [0.1, 0.15) is 38.7 Å². The summed E-state index contributed by atoms with van der Waals surface area (Å²) in [5.41, 5.74) is 1.28. The third-order valence-corrected chi connectivity index (χ3v) is 2.77. The van der Waals surface area contributed by atoms with Crippen molar-refractivity contribution in [2.75, 3.05) is 0 Å². The molecule has 0 heterocycles. The van der Waals surface area contributed by atoms with Gasteiger partial charge in [0.25, 0.3) is 0 Å². The lowest BCUT2D eigenvalue weighted by Crippen LogP contribution is -2.16. The molecule has 0 amide bonds. The van der Waals surface area contributed by atoms with Gasteiger partial charge in [0, 0.05) is 12.3 Å². The van der Waals surface area contributed by atoms with Crippen LogP contribution in [0.2, 0.25) is 0 Å². The zero-order valence-corrected chi connectivity index (χ0v) is 9.70. The van der Waals surface area contributed by atoms with Gasteiger partial charge < -0.3 is 0 Å². The maximum absolute atomic E-state index is 11.7. The highest BCUT2D eigenvalue weighted by molar-refractivity contribution is 5.80. The van der Waals surface area contributed by atoms with E-state index in [1.807, 2.05) is 25.1 Å². The van der Waals surface area contributed by atoms with E-state index in [0.717, 1.165) is 19.3 Å². The molecule has 1 heteroatoms. The van der Waals surface area contributed by atoms with Gasteiger partial charge in [0.1, 0.15) is 5.78 Å². The molecule has 0 N–H and O–H groups in total. The molecule has 0 fully saturated rings. The Morgan fingerprint density at radius 2 is 1.87 bits per heavy atom. The molecule has 1 unspecified atom stereocenters. The van der Waals surface area contributed by atoms with Crippen molar-refractivity contribution in [3.8, 4) is 0 Å². The normalized spacial score (nSPS) is 12.4. The SMILES string of the molecule is CCCC(Cc1ccccc1)C(=O)CC. The van der Waals surface area contributed by atoms with Gasteiger partial charge in [-0.25, -0.2) is 0 Å². The molecule has 1 nitrogen and oxygen atoms in total. The average Bonchev–Trinajstić information content (AvgIpc) is 2.29. The minimum Gasteiger partial charge on any atom is -0.299 e. The van der Waals surface area contributed by atoms with Crippen LogP contribution in [0.15, 0.2) is 30.3 Å². The largest absolute Gasteiger partial charge is 0.299 e. The number of hydrogen-bond donors (Lipinski definition) is 0. The molecule has 15 heavy (non-hydrogen) atoms. The Labute approximate surface area is 92.5 Å². The molecule has 82 valence electrons. The molecule has 0 radical (unpaired) electrons. The highest BCUT2D eigenvalue weighted by Crippen LogP contribution is 2.16. The van der Waals surface area contributed by atoms with Crippen molar-refractivity contribution in [2.45, 2.75) is 39.5 Å². The first kappa shape index (κ1) is 12.0. The maximum Gasteiger partial charge on any atom is 0.136 e. The Balaban J connectivity index is 2.62. The van der Waals surface area contributed by atoms with Gasteiger partial charge in [-0.2, -0.15) is 0 Å². The molecule has 1 atom stereocenters. The fourth-order valence-electron chi connectivity index (χ4n) is 1.91. The number of rotatable bonds is 6. The van der Waals surface area contributed by atoms with E-state index in [0.29, 0.717) is 12.2 Å². The van der Waals surface area contributed by atoms with Gasteiger partial charge in [-0.05, 0) is 18.4 Å². The highest BCUT2D eigenvalue weighted by atomic mass is 16.1. The number of Topliss-reactive ketones (excluding diaryl/α,β-unsaturated/α-hetero) is 1. The molecule has 0 spiro atoms. The third kappa shape index (κ3) is 3.86. The van der Waals surface area contributed by atoms with Gasteiger partial charge >= 0.3 is 0 Å². The number of ketones is 1. The lowest BCUT2D eigenvalue weighted by atomic mass is 9.90. The van der Waals surface area contributed by atoms with Crippen LogP contribution in [0, 0.1) is 5.92 Å². The van der Waals surface area contributed by atoms with Gasteiger partial charge in [0.15, 0.2) is 0 Å². The summed E-state index contributed by atoms with van der Waals surface area (Å²) in [4.78, 5) is 11.7. The molecule has 0 saturated carbocycles. The van der Waals surface area contributed by atoms with Crippen molar-refractivity contribution >= 4 is 5.78 Å². The zero-order chi connectivity index (χ0) is 11.1. The summed E-state index contributed by atoms with van der Waals surface area (Å²) in [6.45, 7) is 4.09. The molecular weight excluding hydrogens is 184 g/mol. The first-order valence-electron chi connectivity index (χ1n) is 5.84. The monoisotopic (exact) mass is 204 g/mol. The van der Waals surface area contributed by atoms with E-state index >= 15 is 0 Å². The molecular formula is C14H20O. The van der Waals surface area contributed by atoms with Crippen LogP contribution in [0.5, 0.6) is 0 Å². The van der Waals surface area contributed by atoms with Crippen LogP contribution in [0.4, 0.5) is 0 Å². The predicted octanol–water partition coefficient (Wildman–Crippen LogP) is 3.62. The molecule has 1 aromatic carbocycles. The number of hydrogen-bond acceptors (Lipinski definition) is 1. The van der Waals surface area contributed by atoms with E-state index in [9.17, 15) is 4.79 Å². The van der Waals surface area contributed by atoms with Crippen molar-refractivity contribution in [1.29, 1.82) is 0 Å². The summed E-state index contributed by atoms with van der Waals surface area (Å²) < 4.78 is 0. The third-order valence-electron chi connectivity index (χ3n) is 2.77. The van der Waals surface area contributed by atoms with Gasteiger partial charge in [0.2, 0.25) is 0 Å². The Morgan fingerprint density at radius 3 is 2.40 bits per heavy atom. The minimum atomic E-state index is 0.224. The van der Waals surface area contributed by atoms with Gasteiger partial charge in [-0.15, -0.1) is 0 Å². The quantitative estimate of drug-likeness (QED) is 0.691. The Morgan fingerprint density at radius 1 is 1.20 bits per heavy atom. The van der Waals surface area contributed by atoms with Gasteiger partial charge in [-0.3, -0.25) is 4.79 Å². The second kappa shape index (κ2) is 6.39. The summed E-state index contributed by atoms with van der Waals surface area (Å²) in [6.07, 6.45) is 3.67. The molecule has 0 bridgehead atoms. The van der Waals surface area contributed by atoms with E-state index < -0.39 is 0 Å². The fourth-order valence-corrected chi connectivity index (χ4v) is 1.91. The lowest BCUT2D eigenvalue weighted by Gasteiger charge is -2.13. The van der Waals surface area contributed by atoms with Crippen LogP contribution in [0.3, 0.4) is 0 Å². The summed E-state index contributed by atoms with van der Waals surface area (Å²) in [7, 11) is 0. The molecule has 1 rings (SSSR count). The molecule has 0 aromatic heterocycles. The van der Waals surface area contributed by atoms with Gasteiger partial charge in [-0.1, -0.05) is 50.6 Å². The topological polar surface area (TPSA) is 17.1 Å². The summed E-state index contributed by atoms with van der Waals surface area (Å²) in [5.74, 6) is 0.628. The maximum atomic E-state index is 11.7. The van der Waals surface area contributed by atoms with Crippen molar-refractivity contribution in [1.82, 2.24) is 0 Å². The summed E-state index contributed by atoms with van der Waals surface area (Å²) in [5, 5.41) is 0. The molecule has 0 aliphatic rings. The van der Waals surface area contributed by atoms with Crippen LogP contribution in [0.25, 0.3) is 0 Å². The van der Waals surface area contributed by atoms with Crippen LogP contribution >= 0.6 is 0 Å². The van der Waals surface area contributed by atoms with E-state index in [-0.39, 0.29) is 5.92 Å². The second-order valence-corrected chi connectivity index (χ2v) is 4.00. The van der Waals surface area contributed by atoms with E-state index in [2.05, 4.69) is 19.1 Å². The van der Waals surface area contributed by atoms with Crippen LogP contribution in [-0.4, -0.2) is 5.78 Å². The molecule has 0 saturated heterocycles. The standard InChI is InChI=1S/C14H20O/c1-3-8-13(14(15)4-2)11-12-9-6-5-7-10-12/h5-7,9-10,13H,3-4,8,11H2,1-2H3. The number of benzene rings is 1. The smallest absolute Gasteiger partial charge is 0.136 e. The van der Waals surface area contributed by atoms with Crippen molar-refractivity contribution in [3.63, 3.8) is 0 Å². The van der Waals surface area contributed by atoms with Crippen molar-refractivity contribution in [3.05, 3.63) is 35.9 Å². The Kier molecular flexibility index (Phi) is 5.09. The molecule has 0 aliphatic heterocycles. The first-order valence-corrected chi connectivity index (χ1v) is 5.84. The molecule has 0 aliphatic carbocycles.